The molecule has 1 aromatic heterocycles. The Labute approximate surface area is 114 Å². The van der Waals surface area contributed by atoms with E-state index in [-0.39, 0.29) is 5.54 Å². The second-order valence-electron chi connectivity index (χ2n) is 5.42. The van der Waals surface area contributed by atoms with Crippen LogP contribution in [0.2, 0.25) is 0 Å². The van der Waals surface area contributed by atoms with Crippen LogP contribution in [-0.4, -0.2) is 28.9 Å². The van der Waals surface area contributed by atoms with Gasteiger partial charge in [0.25, 0.3) is 0 Å². The average Bonchev–Trinajstić information content (AvgIpc) is 2.72. The highest BCUT2D eigenvalue weighted by atomic mass is 32.1. The zero-order valence-electron chi connectivity index (χ0n) is 12.0. The molecule has 0 spiro atoms. The molecule has 0 saturated carbocycles. The topological polar surface area (TPSA) is 47.0 Å². The second kappa shape index (κ2) is 7.81. The first kappa shape index (κ1) is 15.5. The van der Waals surface area contributed by atoms with E-state index in [1.54, 1.807) is 11.3 Å². The Balaban J connectivity index is 2.19. The van der Waals surface area contributed by atoms with Gasteiger partial charge in [-0.05, 0) is 40.2 Å². The Kier molecular flexibility index (Phi) is 6.75. The molecule has 104 valence electrons. The van der Waals surface area contributed by atoms with E-state index in [0.717, 1.165) is 42.4 Å². The quantitative estimate of drug-likeness (QED) is 0.739. The predicted molar refractivity (Wildman–Crippen MR) is 75.9 cm³/mol. The second-order valence-corrected chi connectivity index (χ2v) is 6.57. The molecular weight excluding hydrogens is 246 g/mol. The minimum Gasteiger partial charge on any atom is -0.374 e. The van der Waals surface area contributed by atoms with E-state index in [2.05, 4.69) is 43.2 Å². The molecule has 18 heavy (non-hydrogen) atoms. The van der Waals surface area contributed by atoms with Gasteiger partial charge < -0.3 is 10.1 Å². The van der Waals surface area contributed by atoms with Gasteiger partial charge in [-0.2, -0.15) is 0 Å². The van der Waals surface area contributed by atoms with Crippen molar-refractivity contribution in [2.45, 2.75) is 59.1 Å². The van der Waals surface area contributed by atoms with Crippen LogP contribution >= 0.6 is 11.3 Å². The van der Waals surface area contributed by atoms with E-state index in [1.165, 1.54) is 0 Å². The van der Waals surface area contributed by atoms with Crippen molar-refractivity contribution in [1.29, 1.82) is 0 Å². The fraction of sp³-hybridized carbons (Fsp3) is 0.846. The zero-order chi connectivity index (χ0) is 13.4. The number of hydrogen-bond acceptors (Lipinski definition) is 5. The number of nitrogens with zero attached hydrogens (tertiary/aromatic N) is 2. The van der Waals surface area contributed by atoms with Crippen LogP contribution in [0.3, 0.4) is 0 Å². The van der Waals surface area contributed by atoms with Gasteiger partial charge in [-0.3, -0.25) is 0 Å². The first-order chi connectivity index (χ1) is 8.51. The van der Waals surface area contributed by atoms with E-state index in [1.807, 2.05) is 0 Å². The minimum absolute atomic E-state index is 0.195. The maximum Gasteiger partial charge on any atom is 0.143 e. The van der Waals surface area contributed by atoms with Gasteiger partial charge in [0.2, 0.25) is 0 Å². The summed E-state index contributed by atoms with van der Waals surface area (Å²) in [6.45, 7) is 11.1. The van der Waals surface area contributed by atoms with Crippen LogP contribution in [0, 0.1) is 0 Å². The van der Waals surface area contributed by atoms with E-state index < -0.39 is 0 Å². The van der Waals surface area contributed by atoms with E-state index in [9.17, 15) is 0 Å². The molecule has 0 radical (unpaired) electrons. The van der Waals surface area contributed by atoms with Crippen molar-refractivity contribution >= 4 is 11.3 Å². The smallest absolute Gasteiger partial charge is 0.143 e. The minimum atomic E-state index is 0.195. The molecule has 0 aliphatic carbocycles. The Morgan fingerprint density at radius 2 is 1.94 bits per heavy atom. The fourth-order valence-corrected chi connectivity index (χ4v) is 2.28. The lowest BCUT2D eigenvalue weighted by Crippen LogP contribution is -2.36. The number of aromatic nitrogens is 2. The molecule has 1 rings (SSSR count). The van der Waals surface area contributed by atoms with Gasteiger partial charge in [0.1, 0.15) is 16.6 Å². The highest BCUT2D eigenvalue weighted by molar-refractivity contribution is 7.11. The number of nitrogens with one attached hydrogen (secondary N) is 1. The Morgan fingerprint density at radius 1 is 1.22 bits per heavy atom. The van der Waals surface area contributed by atoms with E-state index in [0.29, 0.717) is 6.61 Å². The molecule has 0 amide bonds. The van der Waals surface area contributed by atoms with Crippen molar-refractivity contribution in [2.75, 3.05) is 13.2 Å². The molecule has 0 saturated heterocycles. The number of rotatable bonds is 8. The van der Waals surface area contributed by atoms with Gasteiger partial charge >= 0.3 is 0 Å². The lowest BCUT2D eigenvalue weighted by atomic mass is 10.1. The maximum atomic E-state index is 5.45. The number of ether oxygens (including phenoxy) is 1. The van der Waals surface area contributed by atoms with Crippen molar-refractivity contribution < 1.29 is 4.74 Å². The summed E-state index contributed by atoms with van der Waals surface area (Å²) >= 11 is 1.67. The van der Waals surface area contributed by atoms with Crippen LogP contribution in [0.4, 0.5) is 0 Å². The largest absolute Gasteiger partial charge is 0.374 e. The first-order valence-electron chi connectivity index (χ1n) is 6.65. The molecule has 0 bridgehead atoms. The molecule has 1 heterocycles. The summed E-state index contributed by atoms with van der Waals surface area (Å²) < 4.78 is 5.45. The molecule has 1 aromatic rings. The van der Waals surface area contributed by atoms with Crippen LogP contribution in [0.5, 0.6) is 0 Å². The molecule has 0 atom stereocenters. The molecule has 4 nitrogen and oxygen atoms in total. The third-order valence-electron chi connectivity index (χ3n) is 2.31. The number of hydrogen-bond donors (Lipinski definition) is 1. The molecule has 0 aliphatic rings. The monoisotopic (exact) mass is 271 g/mol. The van der Waals surface area contributed by atoms with Crippen LogP contribution in [0.15, 0.2) is 0 Å². The summed E-state index contributed by atoms with van der Waals surface area (Å²) in [5.41, 5.74) is 0.195. The van der Waals surface area contributed by atoms with Gasteiger partial charge in [0, 0.05) is 18.6 Å². The highest BCUT2D eigenvalue weighted by Gasteiger charge is 2.08. The standard InChI is InChI=1S/C13H25N3OS/c1-5-9-17-10-12-16-15-11(18-12)7-6-8-14-13(2,3)4/h14H,5-10H2,1-4H3. The zero-order valence-corrected chi connectivity index (χ0v) is 12.8. The maximum absolute atomic E-state index is 5.45. The summed E-state index contributed by atoms with van der Waals surface area (Å²) in [6, 6.07) is 0. The van der Waals surface area contributed by atoms with Crippen LogP contribution in [0.25, 0.3) is 0 Å². The summed E-state index contributed by atoms with van der Waals surface area (Å²) in [7, 11) is 0. The van der Waals surface area contributed by atoms with Crippen molar-refractivity contribution in [2.24, 2.45) is 0 Å². The lowest BCUT2D eigenvalue weighted by Gasteiger charge is -2.20. The van der Waals surface area contributed by atoms with Gasteiger partial charge in [-0.25, -0.2) is 0 Å². The normalized spacial score (nSPS) is 12.0. The fourth-order valence-electron chi connectivity index (χ4n) is 1.45. The first-order valence-corrected chi connectivity index (χ1v) is 7.47. The molecule has 1 N–H and O–H groups in total. The molecule has 0 unspecified atom stereocenters. The highest BCUT2D eigenvalue weighted by Crippen LogP contribution is 2.12. The average molecular weight is 271 g/mol. The van der Waals surface area contributed by atoms with Crippen molar-refractivity contribution in [3.63, 3.8) is 0 Å². The van der Waals surface area contributed by atoms with Crippen LogP contribution < -0.4 is 5.32 Å². The van der Waals surface area contributed by atoms with Crippen LogP contribution in [0.1, 0.15) is 50.6 Å². The Bertz CT molecular complexity index is 333. The van der Waals surface area contributed by atoms with Gasteiger partial charge in [-0.1, -0.05) is 18.3 Å². The summed E-state index contributed by atoms with van der Waals surface area (Å²) in [6.07, 6.45) is 3.14. The van der Waals surface area contributed by atoms with Gasteiger partial charge in [-0.15, -0.1) is 10.2 Å². The van der Waals surface area contributed by atoms with E-state index in [4.69, 9.17) is 4.74 Å². The van der Waals surface area contributed by atoms with Crippen molar-refractivity contribution in [3.05, 3.63) is 10.0 Å². The Morgan fingerprint density at radius 3 is 2.61 bits per heavy atom. The van der Waals surface area contributed by atoms with Crippen molar-refractivity contribution in [3.8, 4) is 0 Å². The number of aryl methyl sites for hydroxylation is 1. The predicted octanol–water partition coefficient (Wildman–Crippen LogP) is 2.79. The summed E-state index contributed by atoms with van der Waals surface area (Å²) in [5, 5.41) is 13.9. The third kappa shape index (κ3) is 7.03. The summed E-state index contributed by atoms with van der Waals surface area (Å²) in [4.78, 5) is 0. The van der Waals surface area contributed by atoms with Crippen LogP contribution in [-0.2, 0) is 17.8 Å². The van der Waals surface area contributed by atoms with E-state index >= 15 is 0 Å². The van der Waals surface area contributed by atoms with Gasteiger partial charge in [0.15, 0.2) is 0 Å². The molecular formula is C13H25N3OS. The molecule has 0 fully saturated rings. The SMILES string of the molecule is CCCOCc1nnc(CCCNC(C)(C)C)s1. The van der Waals surface area contributed by atoms with Gasteiger partial charge in [0.05, 0.1) is 0 Å². The Hall–Kier alpha value is -0.520. The van der Waals surface area contributed by atoms with Crippen molar-refractivity contribution in [1.82, 2.24) is 15.5 Å². The lowest BCUT2D eigenvalue weighted by molar-refractivity contribution is 0.121. The molecule has 0 aromatic carbocycles. The summed E-state index contributed by atoms with van der Waals surface area (Å²) in [5.74, 6) is 0. The molecule has 0 aliphatic heterocycles. The third-order valence-corrected chi connectivity index (χ3v) is 3.26. The molecule has 5 heteroatoms.